The molecule has 0 aliphatic carbocycles. The van der Waals surface area contributed by atoms with Crippen LogP contribution in [0.1, 0.15) is 5.56 Å². The fourth-order valence-electron chi connectivity index (χ4n) is 1.21. The van der Waals surface area contributed by atoms with E-state index in [0.717, 1.165) is 0 Å². The fraction of sp³-hybridized carbons (Fsp3) is 0.400. The van der Waals surface area contributed by atoms with Crippen molar-refractivity contribution < 1.29 is 13.5 Å². The maximum Gasteiger partial charge on any atom is 0.250 e. The Morgan fingerprint density at radius 1 is 1.47 bits per heavy atom. The molecular formula is C10H12ClF2NO. The predicted octanol–water partition coefficient (Wildman–Crippen LogP) is 2.70. The Morgan fingerprint density at radius 3 is 2.80 bits per heavy atom. The van der Waals surface area contributed by atoms with Gasteiger partial charge in [0, 0.05) is 17.1 Å². The predicted molar refractivity (Wildman–Crippen MR) is 55.7 cm³/mol. The summed E-state index contributed by atoms with van der Waals surface area (Å²) in [6, 6.07) is 5.19. The molecule has 0 aliphatic heterocycles. The third-order valence-electron chi connectivity index (χ3n) is 1.90. The molecule has 1 rings (SSSR count). The largest absolute Gasteiger partial charge is 0.496 e. The van der Waals surface area contributed by atoms with Gasteiger partial charge >= 0.3 is 0 Å². The first-order chi connectivity index (χ1) is 7.15. The number of hydrogen-bond donors (Lipinski definition) is 1. The monoisotopic (exact) mass is 235 g/mol. The molecular weight excluding hydrogens is 224 g/mol. The van der Waals surface area contributed by atoms with Crippen molar-refractivity contribution in [2.24, 2.45) is 0 Å². The zero-order valence-electron chi connectivity index (χ0n) is 8.27. The van der Waals surface area contributed by atoms with Gasteiger partial charge in [0.25, 0.3) is 6.43 Å². The van der Waals surface area contributed by atoms with Crippen molar-refractivity contribution in [3.05, 3.63) is 28.8 Å². The average Bonchev–Trinajstić information content (AvgIpc) is 2.20. The standard InChI is InChI=1S/C10H12ClF2NO/c1-15-9-4-2-3-8(11)7(9)5-14-6-10(12)13/h2-4,10,14H,5-6H2,1H3. The van der Waals surface area contributed by atoms with Crippen molar-refractivity contribution in [3.63, 3.8) is 0 Å². The van der Waals surface area contributed by atoms with Crippen LogP contribution in [0.3, 0.4) is 0 Å². The van der Waals surface area contributed by atoms with E-state index in [1.807, 2.05) is 0 Å². The number of alkyl halides is 2. The van der Waals surface area contributed by atoms with Crippen LogP contribution in [0.25, 0.3) is 0 Å². The number of benzene rings is 1. The summed E-state index contributed by atoms with van der Waals surface area (Å²) >= 11 is 5.92. The van der Waals surface area contributed by atoms with Crippen LogP contribution in [0.4, 0.5) is 8.78 Å². The van der Waals surface area contributed by atoms with E-state index in [4.69, 9.17) is 16.3 Å². The highest BCUT2D eigenvalue weighted by Gasteiger charge is 2.08. The van der Waals surface area contributed by atoms with E-state index in [1.165, 1.54) is 7.11 Å². The molecule has 0 saturated carbocycles. The Labute approximate surface area is 92.2 Å². The van der Waals surface area contributed by atoms with Gasteiger partial charge in [-0.2, -0.15) is 0 Å². The number of methoxy groups -OCH3 is 1. The quantitative estimate of drug-likeness (QED) is 0.847. The van der Waals surface area contributed by atoms with Gasteiger partial charge < -0.3 is 10.1 Å². The van der Waals surface area contributed by atoms with Crippen LogP contribution < -0.4 is 10.1 Å². The highest BCUT2D eigenvalue weighted by molar-refractivity contribution is 6.31. The van der Waals surface area contributed by atoms with Crippen LogP contribution in [0.2, 0.25) is 5.02 Å². The molecule has 5 heteroatoms. The normalized spacial score (nSPS) is 10.7. The summed E-state index contributed by atoms with van der Waals surface area (Å²) in [7, 11) is 1.52. The second kappa shape index (κ2) is 5.88. The first-order valence-corrected chi connectivity index (χ1v) is 4.83. The lowest BCUT2D eigenvalue weighted by Crippen LogP contribution is -2.21. The molecule has 2 nitrogen and oxygen atoms in total. The van der Waals surface area contributed by atoms with Gasteiger partial charge in [-0.15, -0.1) is 0 Å². The van der Waals surface area contributed by atoms with Crippen molar-refractivity contribution >= 4 is 11.6 Å². The minimum atomic E-state index is -2.36. The van der Waals surface area contributed by atoms with Gasteiger partial charge in [-0.25, -0.2) is 8.78 Å². The summed E-state index contributed by atoms with van der Waals surface area (Å²) in [5, 5.41) is 3.11. The Bertz CT molecular complexity index is 320. The summed E-state index contributed by atoms with van der Waals surface area (Å²) in [6.45, 7) is -0.0818. The van der Waals surface area contributed by atoms with Crippen LogP contribution in [-0.4, -0.2) is 20.1 Å². The van der Waals surface area contributed by atoms with Gasteiger partial charge in [0.2, 0.25) is 0 Å². The van der Waals surface area contributed by atoms with Crippen molar-refractivity contribution in [1.29, 1.82) is 0 Å². The van der Waals surface area contributed by atoms with Crippen LogP contribution in [0, 0.1) is 0 Å². The van der Waals surface area contributed by atoms with Gasteiger partial charge in [0.1, 0.15) is 5.75 Å². The lowest BCUT2D eigenvalue weighted by molar-refractivity contribution is 0.145. The second-order valence-electron chi connectivity index (χ2n) is 2.94. The lowest BCUT2D eigenvalue weighted by Gasteiger charge is -2.10. The molecule has 0 spiro atoms. The maximum atomic E-state index is 11.9. The zero-order valence-corrected chi connectivity index (χ0v) is 9.02. The average molecular weight is 236 g/mol. The number of rotatable bonds is 5. The van der Waals surface area contributed by atoms with Gasteiger partial charge in [0.15, 0.2) is 0 Å². The van der Waals surface area contributed by atoms with E-state index in [9.17, 15) is 8.78 Å². The Morgan fingerprint density at radius 2 is 2.20 bits per heavy atom. The van der Waals surface area contributed by atoms with Crippen molar-refractivity contribution in [2.75, 3.05) is 13.7 Å². The summed E-state index contributed by atoms with van der Waals surface area (Å²) in [5.41, 5.74) is 0.697. The Kier molecular flexibility index (Phi) is 4.78. The summed E-state index contributed by atoms with van der Waals surface area (Å²) in [6.07, 6.45) is -2.36. The van der Waals surface area contributed by atoms with Crippen molar-refractivity contribution in [1.82, 2.24) is 5.32 Å². The number of halogens is 3. The lowest BCUT2D eigenvalue weighted by atomic mass is 10.2. The van der Waals surface area contributed by atoms with Gasteiger partial charge in [-0.05, 0) is 12.1 Å². The van der Waals surface area contributed by atoms with Crippen LogP contribution in [-0.2, 0) is 6.54 Å². The first kappa shape index (κ1) is 12.2. The molecule has 0 aromatic heterocycles. The minimum absolute atomic E-state index is 0.271. The molecule has 0 amide bonds. The van der Waals surface area contributed by atoms with Crippen LogP contribution in [0.5, 0.6) is 5.75 Å². The maximum absolute atomic E-state index is 11.9. The third-order valence-corrected chi connectivity index (χ3v) is 2.25. The molecule has 1 N–H and O–H groups in total. The zero-order chi connectivity index (χ0) is 11.3. The van der Waals surface area contributed by atoms with E-state index in [0.29, 0.717) is 16.3 Å². The minimum Gasteiger partial charge on any atom is -0.496 e. The molecule has 0 bridgehead atoms. The summed E-state index contributed by atoms with van der Waals surface area (Å²) < 4.78 is 28.9. The molecule has 0 unspecified atom stereocenters. The van der Waals surface area contributed by atoms with Gasteiger partial charge in [-0.3, -0.25) is 0 Å². The van der Waals surface area contributed by atoms with Crippen LogP contribution in [0.15, 0.2) is 18.2 Å². The van der Waals surface area contributed by atoms with Crippen molar-refractivity contribution in [3.8, 4) is 5.75 Å². The topological polar surface area (TPSA) is 21.3 Å². The molecule has 1 aromatic rings. The molecule has 84 valence electrons. The SMILES string of the molecule is COc1cccc(Cl)c1CNCC(F)F. The number of hydrogen-bond acceptors (Lipinski definition) is 2. The molecule has 0 saturated heterocycles. The molecule has 0 atom stereocenters. The molecule has 1 aromatic carbocycles. The number of ether oxygens (including phenoxy) is 1. The van der Waals surface area contributed by atoms with E-state index in [1.54, 1.807) is 18.2 Å². The highest BCUT2D eigenvalue weighted by atomic mass is 35.5. The molecule has 0 heterocycles. The fourth-order valence-corrected chi connectivity index (χ4v) is 1.44. The molecule has 15 heavy (non-hydrogen) atoms. The first-order valence-electron chi connectivity index (χ1n) is 4.45. The Hall–Kier alpha value is -0.870. The summed E-state index contributed by atoms with van der Waals surface area (Å²) in [5.74, 6) is 0.601. The highest BCUT2D eigenvalue weighted by Crippen LogP contribution is 2.25. The molecule has 0 radical (unpaired) electrons. The van der Waals surface area contributed by atoms with E-state index >= 15 is 0 Å². The van der Waals surface area contributed by atoms with Crippen molar-refractivity contribution in [2.45, 2.75) is 13.0 Å². The summed E-state index contributed by atoms with van der Waals surface area (Å²) in [4.78, 5) is 0. The molecule has 0 aliphatic rings. The van der Waals surface area contributed by atoms with E-state index < -0.39 is 6.43 Å². The third kappa shape index (κ3) is 3.64. The number of nitrogens with one attached hydrogen (secondary N) is 1. The van der Waals surface area contributed by atoms with Crippen LogP contribution >= 0.6 is 11.6 Å². The molecule has 0 fully saturated rings. The van der Waals surface area contributed by atoms with E-state index in [2.05, 4.69) is 5.32 Å². The smallest absolute Gasteiger partial charge is 0.250 e. The second-order valence-corrected chi connectivity index (χ2v) is 3.35. The van der Waals surface area contributed by atoms with E-state index in [-0.39, 0.29) is 13.1 Å². The Balaban J connectivity index is 2.66. The van der Waals surface area contributed by atoms with Gasteiger partial charge in [-0.1, -0.05) is 17.7 Å². The van der Waals surface area contributed by atoms with Gasteiger partial charge in [0.05, 0.1) is 13.7 Å².